The van der Waals surface area contributed by atoms with Gasteiger partial charge in [0, 0.05) is 0 Å². The van der Waals surface area contributed by atoms with Gasteiger partial charge < -0.3 is 4.74 Å². The third kappa shape index (κ3) is 2.84. The van der Waals surface area contributed by atoms with E-state index in [1.165, 1.54) is 11.1 Å². The maximum absolute atomic E-state index is 5.78. The van der Waals surface area contributed by atoms with Crippen LogP contribution in [0.4, 0.5) is 0 Å². The molecule has 0 saturated carbocycles. The lowest BCUT2D eigenvalue weighted by Gasteiger charge is -2.21. The number of methoxy groups -OCH3 is 1. The lowest BCUT2D eigenvalue weighted by Crippen LogP contribution is -2.29. The van der Waals surface area contributed by atoms with Gasteiger partial charge in [-0.2, -0.15) is 0 Å². The summed E-state index contributed by atoms with van der Waals surface area (Å²) in [7, 11) is 1.69. The molecule has 3 heteroatoms. The summed E-state index contributed by atoms with van der Waals surface area (Å²) in [5.41, 5.74) is 8.77. The smallest absolute Gasteiger partial charge is 0.122 e. The molecular formula is C17H22N2O. The SMILES string of the molecule is COc1cc(C)c(C(NN)c2ccc(C)cc2)cc1C. The Hall–Kier alpha value is -1.84. The molecule has 1 unspecified atom stereocenters. The summed E-state index contributed by atoms with van der Waals surface area (Å²) < 4.78 is 5.36. The number of aryl methyl sites for hydroxylation is 3. The monoisotopic (exact) mass is 270 g/mol. The second kappa shape index (κ2) is 6.07. The van der Waals surface area contributed by atoms with E-state index in [1.807, 2.05) is 6.92 Å². The minimum Gasteiger partial charge on any atom is -0.496 e. The molecular weight excluding hydrogens is 248 g/mol. The van der Waals surface area contributed by atoms with Crippen LogP contribution in [0.25, 0.3) is 0 Å². The second-order valence-electron chi connectivity index (χ2n) is 5.19. The minimum absolute atomic E-state index is 0.0137. The normalized spacial score (nSPS) is 12.2. The zero-order valence-electron chi connectivity index (χ0n) is 12.5. The van der Waals surface area contributed by atoms with Crippen molar-refractivity contribution < 1.29 is 4.74 Å². The summed E-state index contributed by atoms with van der Waals surface area (Å²) in [5, 5.41) is 0. The third-order valence-electron chi connectivity index (χ3n) is 3.67. The predicted molar refractivity (Wildman–Crippen MR) is 82.8 cm³/mol. The molecule has 0 aliphatic carbocycles. The molecule has 3 nitrogen and oxygen atoms in total. The van der Waals surface area contributed by atoms with Gasteiger partial charge in [0.1, 0.15) is 5.75 Å². The number of nitrogens with one attached hydrogen (secondary N) is 1. The molecule has 0 aliphatic heterocycles. The van der Waals surface area contributed by atoms with Crippen LogP contribution >= 0.6 is 0 Å². The maximum Gasteiger partial charge on any atom is 0.122 e. The summed E-state index contributed by atoms with van der Waals surface area (Å²) >= 11 is 0. The Morgan fingerprint density at radius 3 is 2.20 bits per heavy atom. The van der Waals surface area contributed by atoms with Crippen molar-refractivity contribution in [3.63, 3.8) is 0 Å². The van der Waals surface area contributed by atoms with E-state index in [9.17, 15) is 0 Å². The fraction of sp³-hybridized carbons (Fsp3) is 0.294. The molecule has 1 atom stereocenters. The minimum atomic E-state index is -0.0137. The fourth-order valence-electron chi connectivity index (χ4n) is 2.47. The first-order valence-corrected chi connectivity index (χ1v) is 6.74. The van der Waals surface area contributed by atoms with Crippen molar-refractivity contribution in [1.82, 2.24) is 5.43 Å². The van der Waals surface area contributed by atoms with Crippen molar-refractivity contribution in [1.29, 1.82) is 0 Å². The van der Waals surface area contributed by atoms with Crippen molar-refractivity contribution in [3.8, 4) is 5.75 Å². The van der Waals surface area contributed by atoms with Crippen LogP contribution in [0, 0.1) is 20.8 Å². The average Bonchev–Trinajstić information content (AvgIpc) is 2.45. The highest BCUT2D eigenvalue weighted by atomic mass is 16.5. The number of benzene rings is 2. The first kappa shape index (κ1) is 14.6. The molecule has 0 radical (unpaired) electrons. The Morgan fingerprint density at radius 2 is 1.65 bits per heavy atom. The molecule has 0 spiro atoms. The quantitative estimate of drug-likeness (QED) is 0.662. The van der Waals surface area contributed by atoms with Gasteiger partial charge in [-0.3, -0.25) is 5.84 Å². The molecule has 0 aliphatic rings. The van der Waals surface area contributed by atoms with E-state index in [-0.39, 0.29) is 6.04 Å². The van der Waals surface area contributed by atoms with Gasteiger partial charge in [-0.15, -0.1) is 0 Å². The molecule has 2 aromatic rings. The van der Waals surface area contributed by atoms with Crippen molar-refractivity contribution in [2.45, 2.75) is 26.8 Å². The van der Waals surface area contributed by atoms with E-state index >= 15 is 0 Å². The summed E-state index contributed by atoms with van der Waals surface area (Å²) in [6.45, 7) is 6.21. The van der Waals surface area contributed by atoms with E-state index in [0.29, 0.717) is 0 Å². The fourth-order valence-corrected chi connectivity index (χ4v) is 2.47. The first-order chi connectivity index (χ1) is 9.56. The molecule has 2 rings (SSSR count). The molecule has 0 fully saturated rings. The van der Waals surface area contributed by atoms with Crippen molar-refractivity contribution in [2.75, 3.05) is 7.11 Å². The highest BCUT2D eigenvalue weighted by molar-refractivity contribution is 5.45. The molecule has 0 heterocycles. The summed E-state index contributed by atoms with van der Waals surface area (Å²) in [4.78, 5) is 0. The lowest BCUT2D eigenvalue weighted by atomic mass is 9.93. The molecule has 0 aromatic heterocycles. The topological polar surface area (TPSA) is 47.3 Å². The van der Waals surface area contributed by atoms with Crippen molar-refractivity contribution >= 4 is 0 Å². The number of hydrogen-bond donors (Lipinski definition) is 2. The number of hydrogen-bond acceptors (Lipinski definition) is 3. The second-order valence-corrected chi connectivity index (χ2v) is 5.19. The van der Waals surface area contributed by atoms with Crippen LogP contribution in [0.3, 0.4) is 0 Å². The Kier molecular flexibility index (Phi) is 4.42. The maximum atomic E-state index is 5.78. The van der Waals surface area contributed by atoms with Crippen LogP contribution in [0.2, 0.25) is 0 Å². The molecule has 2 aromatic carbocycles. The Morgan fingerprint density at radius 1 is 1.00 bits per heavy atom. The van der Waals surface area contributed by atoms with Gasteiger partial charge in [0.2, 0.25) is 0 Å². The van der Waals surface area contributed by atoms with E-state index in [4.69, 9.17) is 10.6 Å². The Balaban J connectivity index is 2.46. The third-order valence-corrected chi connectivity index (χ3v) is 3.67. The highest BCUT2D eigenvalue weighted by Crippen LogP contribution is 2.29. The molecule has 0 bridgehead atoms. The number of rotatable bonds is 4. The molecule has 20 heavy (non-hydrogen) atoms. The van der Waals surface area contributed by atoms with Gasteiger partial charge >= 0.3 is 0 Å². The van der Waals surface area contributed by atoms with Crippen LogP contribution in [-0.2, 0) is 0 Å². The summed E-state index contributed by atoms with van der Waals surface area (Å²) in [6, 6.07) is 12.6. The molecule has 106 valence electrons. The van der Waals surface area contributed by atoms with Crippen LogP contribution < -0.4 is 16.0 Å². The highest BCUT2D eigenvalue weighted by Gasteiger charge is 2.16. The predicted octanol–water partition coefficient (Wildman–Crippen LogP) is 3.17. The van der Waals surface area contributed by atoms with Crippen LogP contribution in [0.5, 0.6) is 5.75 Å². The standard InChI is InChI=1S/C17H22N2O/c1-11-5-7-14(8-6-11)17(19-18)15-9-13(3)16(20-4)10-12(15)2/h5-10,17,19H,18H2,1-4H3. The van der Waals surface area contributed by atoms with Crippen LogP contribution in [0.15, 0.2) is 36.4 Å². The largest absolute Gasteiger partial charge is 0.496 e. The number of hydrazine groups is 1. The van der Waals surface area contributed by atoms with Crippen molar-refractivity contribution in [3.05, 3.63) is 64.2 Å². The number of ether oxygens (including phenoxy) is 1. The average molecular weight is 270 g/mol. The zero-order valence-corrected chi connectivity index (χ0v) is 12.5. The van der Waals surface area contributed by atoms with Gasteiger partial charge in [-0.1, -0.05) is 35.9 Å². The van der Waals surface area contributed by atoms with E-state index < -0.39 is 0 Å². The molecule has 3 N–H and O–H groups in total. The van der Waals surface area contributed by atoms with E-state index in [1.54, 1.807) is 7.11 Å². The van der Waals surface area contributed by atoms with Crippen LogP contribution in [0.1, 0.15) is 33.9 Å². The van der Waals surface area contributed by atoms with Gasteiger partial charge in [-0.05, 0) is 49.1 Å². The molecule has 0 amide bonds. The van der Waals surface area contributed by atoms with E-state index in [0.717, 1.165) is 22.4 Å². The lowest BCUT2D eigenvalue weighted by molar-refractivity contribution is 0.411. The van der Waals surface area contributed by atoms with Gasteiger partial charge in [0.05, 0.1) is 13.2 Å². The summed E-state index contributed by atoms with van der Waals surface area (Å²) in [5.74, 6) is 6.69. The van der Waals surface area contributed by atoms with Crippen LogP contribution in [-0.4, -0.2) is 7.11 Å². The Labute approximate surface area is 120 Å². The van der Waals surface area contributed by atoms with Gasteiger partial charge in [-0.25, -0.2) is 5.43 Å². The zero-order chi connectivity index (χ0) is 14.7. The van der Waals surface area contributed by atoms with Gasteiger partial charge in [0.25, 0.3) is 0 Å². The first-order valence-electron chi connectivity index (χ1n) is 6.74. The van der Waals surface area contributed by atoms with Gasteiger partial charge in [0.15, 0.2) is 0 Å². The summed E-state index contributed by atoms with van der Waals surface area (Å²) in [6.07, 6.45) is 0. The number of nitrogens with two attached hydrogens (primary N) is 1. The van der Waals surface area contributed by atoms with Crippen molar-refractivity contribution in [2.24, 2.45) is 5.84 Å². The Bertz CT molecular complexity index is 591. The molecule has 0 saturated heterocycles. The van der Waals surface area contributed by atoms with E-state index in [2.05, 4.69) is 55.7 Å².